The van der Waals surface area contributed by atoms with E-state index in [1.807, 2.05) is 5.38 Å². The van der Waals surface area contributed by atoms with Gasteiger partial charge in [-0.25, -0.2) is 13.1 Å². The number of nitrogens with zero attached hydrogens (tertiary/aromatic N) is 3. The van der Waals surface area contributed by atoms with Crippen LogP contribution in [0.5, 0.6) is 0 Å². The van der Waals surface area contributed by atoms with E-state index in [0.717, 1.165) is 12.1 Å². The standard InChI is InChI=1S/C12H17N5O2S2/c18-21(19,15-4-6-17-5-3-14-16-17)12-7-10(9-20-12)8-13-11-1-2-11/h3,5,7,9,11,13,15H,1-2,4,6,8H2. The van der Waals surface area contributed by atoms with Crippen LogP contribution in [0.1, 0.15) is 18.4 Å². The van der Waals surface area contributed by atoms with Gasteiger partial charge in [0, 0.05) is 25.3 Å². The monoisotopic (exact) mass is 327 g/mol. The molecule has 0 aromatic carbocycles. The van der Waals surface area contributed by atoms with Gasteiger partial charge in [-0.3, -0.25) is 4.68 Å². The van der Waals surface area contributed by atoms with Crippen molar-refractivity contribution in [3.63, 3.8) is 0 Å². The average Bonchev–Trinajstić information content (AvgIpc) is 2.93. The highest BCUT2D eigenvalue weighted by molar-refractivity contribution is 7.91. The molecule has 21 heavy (non-hydrogen) atoms. The first kappa shape index (κ1) is 14.6. The van der Waals surface area contributed by atoms with Gasteiger partial charge >= 0.3 is 0 Å². The summed E-state index contributed by atoms with van der Waals surface area (Å²) in [6.07, 6.45) is 5.70. The highest BCUT2D eigenvalue weighted by atomic mass is 32.2. The maximum atomic E-state index is 12.2. The normalized spacial score (nSPS) is 15.4. The Bertz CT molecular complexity index is 676. The Hall–Kier alpha value is -1.29. The number of hydrogen-bond donors (Lipinski definition) is 2. The van der Waals surface area contributed by atoms with Crippen molar-refractivity contribution in [2.24, 2.45) is 0 Å². The summed E-state index contributed by atoms with van der Waals surface area (Å²) in [4.78, 5) is 0. The third-order valence-electron chi connectivity index (χ3n) is 3.17. The molecule has 114 valence electrons. The van der Waals surface area contributed by atoms with Crippen molar-refractivity contribution in [3.05, 3.63) is 29.4 Å². The van der Waals surface area contributed by atoms with Crippen LogP contribution < -0.4 is 10.0 Å². The van der Waals surface area contributed by atoms with E-state index in [-0.39, 0.29) is 0 Å². The first-order valence-electron chi connectivity index (χ1n) is 6.78. The molecule has 0 spiro atoms. The summed E-state index contributed by atoms with van der Waals surface area (Å²) in [5.74, 6) is 0. The van der Waals surface area contributed by atoms with Crippen LogP contribution in [-0.4, -0.2) is 36.0 Å². The molecule has 1 aliphatic carbocycles. The topological polar surface area (TPSA) is 88.9 Å². The van der Waals surface area contributed by atoms with Gasteiger partial charge in [0.25, 0.3) is 0 Å². The number of sulfonamides is 1. The van der Waals surface area contributed by atoms with Gasteiger partial charge in [-0.15, -0.1) is 16.4 Å². The Labute approximate surface area is 127 Å². The Morgan fingerprint density at radius 3 is 3.00 bits per heavy atom. The molecular weight excluding hydrogens is 310 g/mol. The third-order valence-corrected chi connectivity index (χ3v) is 6.12. The van der Waals surface area contributed by atoms with Crippen molar-refractivity contribution in [2.75, 3.05) is 6.54 Å². The number of aromatic nitrogens is 3. The van der Waals surface area contributed by atoms with E-state index in [0.29, 0.717) is 23.3 Å². The summed E-state index contributed by atoms with van der Waals surface area (Å²) in [5.41, 5.74) is 1.02. The van der Waals surface area contributed by atoms with Crippen molar-refractivity contribution in [2.45, 2.75) is 36.2 Å². The SMILES string of the molecule is O=S(=O)(NCCn1ccnn1)c1cc(CNC2CC2)cs1. The summed E-state index contributed by atoms with van der Waals surface area (Å²) >= 11 is 1.25. The zero-order valence-corrected chi connectivity index (χ0v) is 13.0. The zero-order valence-electron chi connectivity index (χ0n) is 11.4. The average molecular weight is 327 g/mol. The second-order valence-corrected chi connectivity index (χ2v) is 7.90. The van der Waals surface area contributed by atoms with Gasteiger partial charge in [-0.05, 0) is 29.9 Å². The summed E-state index contributed by atoms with van der Waals surface area (Å²) in [7, 11) is -3.44. The highest BCUT2D eigenvalue weighted by Gasteiger charge is 2.21. The van der Waals surface area contributed by atoms with Gasteiger partial charge in [0.05, 0.1) is 12.7 Å². The van der Waals surface area contributed by atoms with E-state index in [9.17, 15) is 8.42 Å². The predicted molar refractivity (Wildman–Crippen MR) is 79.4 cm³/mol. The van der Waals surface area contributed by atoms with Crippen molar-refractivity contribution < 1.29 is 8.42 Å². The van der Waals surface area contributed by atoms with Crippen LogP contribution in [0.4, 0.5) is 0 Å². The summed E-state index contributed by atoms with van der Waals surface area (Å²) < 4.78 is 28.8. The molecule has 2 aromatic rings. The number of nitrogens with one attached hydrogen (secondary N) is 2. The van der Waals surface area contributed by atoms with Gasteiger partial charge in [0.2, 0.25) is 10.0 Å². The smallest absolute Gasteiger partial charge is 0.250 e. The molecule has 0 aliphatic heterocycles. The molecule has 0 saturated heterocycles. The summed E-state index contributed by atoms with van der Waals surface area (Å²) in [6.45, 7) is 1.48. The van der Waals surface area contributed by atoms with Crippen LogP contribution in [0.3, 0.4) is 0 Å². The van der Waals surface area contributed by atoms with E-state index < -0.39 is 10.0 Å². The van der Waals surface area contributed by atoms with Crippen LogP contribution in [0, 0.1) is 0 Å². The van der Waals surface area contributed by atoms with Gasteiger partial charge < -0.3 is 5.32 Å². The summed E-state index contributed by atoms with van der Waals surface area (Å²) in [6, 6.07) is 2.35. The van der Waals surface area contributed by atoms with E-state index in [4.69, 9.17) is 0 Å². The largest absolute Gasteiger partial charge is 0.310 e. The van der Waals surface area contributed by atoms with Crippen LogP contribution in [0.15, 0.2) is 28.0 Å². The fourth-order valence-electron chi connectivity index (χ4n) is 1.85. The molecule has 1 fully saturated rings. The van der Waals surface area contributed by atoms with Crippen LogP contribution in [0.25, 0.3) is 0 Å². The molecule has 2 N–H and O–H groups in total. The molecule has 0 unspecified atom stereocenters. The summed E-state index contributed by atoms with van der Waals surface area (Å²) in [5, 5.41) is 12.7. The predicted octanol–water partition coefficient (Wildman–Crippen LogP) is 0.570. The second kappa shape index (κ2) is 6.22. The van der Waals surface area contributed by atoms with Gasteiger partial charge in [0.1, 0.15) is 4.21 Å². The molecule has 2 aromatic heterocycles. The molecule has 1 aliphatic rings. The van der Waals surface area contributed by atoms with Gasteiger partial charge in [-0.2, -0.15) is 0 Å². The van der Waals surface area contributed by atoms with Crippen LogP contribution in [-0.2, 0) is 23.1 Å². The Morgan fingerprint density at radius 2 is 2.29 bits per heavy atom. The van der Waals surface area contributed by atoms with E-state index >= 15 is 0 Å². The minimum Gasteiger partial charge on any atom is -0.310 e. The maximum absolute atomic E-state index is 12.2. The Morgan fingerprint density at radius 1 is 1.43 bits per heavy atom. The van der Waals surface area contributed by atoms with Crippen molar-refractivity contribution >= 4 is 21.4 Å². The van der Waals surface area contributed by atoms with E-state index in [2.05, 4.69) is 20.4 Å². The molecule has 3 rings (SSSR count). The molecule has 7 nitrogen and oxygen atoms in total. The molecule has 1 saturated carbocycles. The lowest BCUT2D eigenvalue weighted by molar-refractivity contribution is 0.554. The zero-order chi connectivity index (χ0) is 14.7. The maximum Gasteiger partial charge on any atom is 0.250 e. The van der Waals surface area contributed by atoms with Crippen molar-refractivity contribution in [1.29, 1.82) is 0 Å². The van der Waals surface area contributed by atoms with Gasteiger partial charge in [-0.1, -0.05) is 5.21 Å². The first-order chi connectivity index (χ1) is 10.1. The molecule has 9 heteroatoms. The Kier molecular flexibility index (Phi) is 4.34. The van der Waals surface area contributed by atoms with Crippen molar-refractivity contribution in [3.8, 4) is 0 Å². The number of hydrogen-bond acceptors (Lipinski definition) is 6. The van der Waals surface area contributed by atoms with E-state index in [1.165, 1.54) is 24.2 Å². The lowest BCUT2D eigenvalue weighted by Gasteiger charge is -2.04. The second-order valence-electron chi connectivity index (χ2n) is 4.99. The molecule has 0 bridgehead atoms. The van der Waals surface area contributed by atoms with Crippen LogP contribution in [0.2, 0.25) is 0 Å². The minimum absolute atomic E-state index is 0.291. The Balaban J connectivity index is 1.53. The first-order valence-corrected chi connectivity index (χ1v) is 9.14. The third kappa shape index (κ3) is 4.10. The number of rotatable bonds is 8. The molecule has 0 atom stereocenters. The minimum atomic E-state index is -3.44. The fraction of sp³-hybridized carbons (Fsp3) is 0.500. The molecule has 0 radical (unpaired) electrons. The molecule has 2 heterocycles. The quantitative estimate of drug-likeness (QED) is 0.740. The van der Waals surface area contributed by atoms with Crippen LogP contribution >= 0.6 is 11.3 Å². The highest BCUT2D eigenvalue weighted by Crippen LogP contribution is 2.22. The van der Waals surface area contributed by atoms with Gasteiger partial charge in [0.15, 0.2) is 0 Å². The lowest BCUT2D eigenvalue weighted by atomic mass is 10.3. The molecular formula is C12H17N5O2S2. The lowest BCUT2D eigenvalue weighted by Crippen LogP contribution is -2.27. The van der Waals surface area contributed by atoms with E-state index in [1.54, 1.807) is 23.1 Å². The fourth-order valence-corrected chi connectivity index (χ4v) is 4.13. The number of thiophene rings is 1. The van der Waals surface area contributed by atoms with Crippen molar-refractivity contribution in [1.82, 2.24) is 25.0 Å². The molecule has 0 amide bonds.